The molecule has 4 nitrogen and oxygen atoms in total. The Bertz CT molecular complexity index is 395. The number of hydrogen-bond acceptors (Lipinski definition) is 3. The predicted octanol–water partition coefficient (Wildman–Crippen LogP) is 1.06. The topological polar surface area (TPSA) is 69.6 Å². The van der Waals surface area contributed by atoms with E-state index in [1.165, 1.54) is 6.07 Å². The molecule has 0 aliphatic carbocycles. The molecule has 0 heterocycles. The Hall–Kier alpha value is -1.46. The fourth-order valence-corrected chi connectivity index (χ4v) is 1.47. The molecule has 0 aliphatic heterocycles. The zero-order valence-electron chi connectivity index (χ0n) is 9.61. The lowest BCUT2D eigenvalue weighted by Crippen LogP contribution is -2.28. The maximum absolute atomic E-state index is 13.0. The third-order valence-corrected chi connectivity index (χ3v) is 2.34. The van der Waals surface area contributed by atoms with E-state index in [2.05, 4.69) is 5.32 Å². The molecule has 1 aromatic carbocycles. The van der Waals surface area contributed by atoms with Crippen LogP contribution in [0.25, 0.3) is 0 Å². The molecule has 3 N–H and O–H groups in total. The first-order valence-electron chi connectivity index (χ1n) is 5.34. The molecule has 0 bridgehead atoms. The minimum absolute atomic E-state index is 0.197. The number of aryl methyl sites for hydroxylation is 1. The molecule has 1 atom stereocenters. The highest BCUT2D eigenvalue weighted by Gasteiger charge is 2.08. The van der Waals surface area contributed by atoms with Crippen LogP contribution in [0.5, 0.6) is 0 Å². The van der Waals surface area contributed by atoms with Gasteiger partial charge >= 0.3 is 5.97 Å². The van der Waals surface area contributed by atoms with Crippen molar-refractivity contribution in [2.45, 2.75) is 26.0 Å². The maximum Gasteiger partial charge on any atom is 0.306 e. The number of hydrogen-bond donors (Lipinski definition) is 3. The molecule has 0 radical (unpaired) electrons. The SMILES string of the molecule is Cc1cc(CNCC(O)CC(=O)O)ccc1F. The summed E-state index contributed by atoms with van der Waals surface area (Å²) >= 11 is 0. The molecule has 0 aromatic heterocycles. The number of halogens is 1. The van der Waals surface area contributed by atoms with Gasteiger partial charge in [-0.3, -0.25) is 4.79 Å². The van der Waals surface area contributed by atoms with Crippen molar-refractivity contribution < 1.29 is 19.4 Å². The summed E-state index contributed by atoms with van der Waals surface area (Å²) in [7, 11) is 0. The van der Waals surface area contributed by atoms with Crippen LogP contribution in [0.4, 0.5) is 4.39 Å². The van der Waals surface area contributed by atoms with Crippen molar-refractivity contribution in [2.75, 3.05) is 6.54 Å². The van der Waals surface area contributed by atoms with Gasteiger partial charge in [-0.25, -0.2) is 4.39 Å². The van der Waals surface area contributed by atoms with E-state index in [0.717, 1.165) is 5.56 Å². The van der Waals surface area contributed by atoms with Crippen molar-refractivity contribution in [3.8, 4) is 0 Å². The van der Waals surface area contributed by atoms with E-state index in [1.807, 2.05) is 0 Å². The van der Waals surface area contributed by atoms with Gasteiger partial charge in [-0.15, -0.1) is 0 Å². The zero-order valence-corrected chi connectivity index (χ0v) is 9.61. The number of aliphatic hydroxyl groups is 1. The predicted molar refractivity (Wildman–Crippen MR) is 61.1 cm³/mol. The zero-order chi connectivity index (χ0) is 12.8. The molecule has 1 rings (SSSR count). The average Bonchev–Trinajstić information content (AvgIpc) is 2.22. The first kappa shape index (κ1) is 13.6. The van der Waals surface area contributed by atoms with Gasteiger partial charge in [-0.2, -0.15) is 0 Å². The Kier molecular flexibility index (Phi) is 5.06. The number of aliphatic carboxylic acids is 1. The third-order valence-electron chi connectivity index (χ3n) is 2.34. The van der Waals surface area contributed by atoms with E-state index < -0.39 is 12.1 Å². The first-order chi connectivity index (χ1) is 7.99. The lowest BCUT2D eigenvalue weighted by atomic mass is 10.1. The third kappa shape index (κ3) is 4.93. The van der Waals surface area contributed by atoms with Gasteiger partial charge in [-0.05, 0) is 24.1 Å². The number of carboxylic acids is 1. The summed E-state index contributed by atoms with van der Waals surface area (Å²) in [5, 5.41) is 20.6. The van der Waals surface area contributed by atoms with Crippen molar-refractivity contribution >= 4 is 5.97 Å². The standard InChI is InChI=1S/C12H16FNO3/c1-8-4-9(2-3-11(8)13)6-14-7-10(15)5-12(16)17/h2-4,10,14-15H,5-7H2,1H3,(H,16,17). The molecule has 0 aliphatic rings. The average molecular weight is 241 g/mol. The molecule has 0 spiro atoms. The van der Waals surface area contributed by atoms with Crippen LogP contribution in [0.15, 0.2) is 18.2 Å². The highest BCUT2D eigenvalue weighted by atomic mass is 19.1. The summed E-state index contributed by atoms with van der Waals surface area (Å²) in [6.07, 6.45) is -1.19. The van der Waals surface area contributed by atoms with Crippen molar-refractivity contribution in [3.05, 3.63) is 35.1 Å². The van der Waals surface area contributed by atoms with Gasteiger partial charge in [0, 0.05) is 13.1 Å². The Morgan fingerprint density at radius 1 is 1.53 bits per heavy atom. The summed E-state index contributed by atoms with van der Waals surface area (Å²) in [6.45, 7) is 2.35. The highest BCUT2D eigenvalue weighted by Crippen LogP contribution is 2.08. The molecule has 1 aromatic rings. The van der Waals surface area contributed by atoms with E-state index in [4.69, 9.17) is 5.11 Å². The minimum atomic E-state index is -1.03. The molecular weight excluding hydrogens is 225 g/mol. The Morgan fingerprint density at radius 2 is 2.24 bits per heavy atom. The largest absolute Gasteiger partial charge is 0.481 e. The van der Waals surface area contributed by atoms with E-state index in [0.29, 0.717) is 12.1 Å². The quantitative estimate of drug-likeness (QED) is 0.696. The smallest absolute Gasteiger partial charge is 0.306 e. The minimum Gasteiger partial charge on any atom is -0.481 e. The maximum atomic E-state index is 13.0. The van der Waals surface area contributed by atoms with Crippen LogP contribution in [-0.4, -0.2) is 28.8 Å². The highest BCUT2D eigenvalue weighted by molar-refractivity contribution is 5.67. The molecule has 1 unspecified atom stereocenters. The molecule has 0 fully saturated rings. The van der Waals surface area contributed by atoms with E-state index in [9.17, 15) is 14.3 Å². The van der Waals surface area contributed by atoms with Gasteiger partial charge in [0.25, 0.3) is 0 Å². The van der Waals surface area contributed by atoms with Crippen molar-refractivity contribution in [1.29, 1.82) is 0 Å². The van der Waals surface area contributed by atoms with Crippen LogP contribution in [0.1, 0.15) is 17.5 Å². The summed E-state index contributed by atoms with van der Waals surface area (Å²) in [6, 6.07) is 4.75. The van der Waals surface area contributed by atoms with Crippen LogP contribution in [0.3, 0.4) is 0 Å². The van der Waals surface area contributed by atoms with Gasteiger partial charge in [-0.1, -0.05) is 12.1 Å². The molecule has 5 heteroatoms. The van der Waals surface area contributed by atoms with Gasteiger partial charge in [0.2, 0.25) is 0 Å². The van der Waals surface area contributed by atoms with Gasteiger partial charge in [0.15, 0.2) is 0 Å². The molecular formula is C12H16FNO3. The number of benzene rings is 1. The second kappa shape index (κ2) is 6.32. The van der Waals surface area contributed by atoms with Crippen molar-refractivity contribution in [3.63, 3.8) is 0 Å². The molecule has 0 amide bonds. The fraction of sp³-hybridized carbons (Fsp3) is 0.417. The van der Waals surface area contributed by atoms with Crippen LogP contribution in [0.2, 0.25) is 0 Å². The molecule has 0 saturated carbocycles. The van der Waals surface area contributed by atoms with Crippen LogP contribution < -0.4 is 5.32 Å². The van der Waals surface area contributed by atoms with E-state index in [-0.39, 0.29) is 18.8 Å². The summed E-state index contributed by atoms with van der Waals surface area (Å²) in [5.41, 5.74) is 1.46. The van der Waals surface area contributed by atoms with Gasteiger partial charge < -0.3 is 15.5 Å². The number of carbonyl (C=O) groups is 1. The molecule has 17 heavy (non-hydrogen) atoms. The van der Waals surface area contributed by atoms with Crippen molar-refractivity contribution in [1.82, 2.24) is 5.32 Å². The lowest BCUT2D eigenvalue weighted by molar-refractivity contribution is -0.139. The number of carboxylic acid groups (broad SMARTS) is 1. The first-order valence-corrected chi connectivity index (χ1v) is 5.34. The Morgan fingerprint density at radius 3 is 2.82 bits per heavy atom. The van der Waals surface area contributed by atoms with Crippen LogP contribution in [-0.2, 0) is 11.3 Å². The number of aliphatic hydroxyl groups excluding tert-OH is 1. The monoisotopic (exact) mass is 241 g/mol. The van der Waals surface area contributed by atoms with Gasteiger partial charge in [0.05, 0.1) is 12.5 Å². The Labute approximate surface area is 99.1 Å². The summed E-state index contributed by atoms with van der Waals surface area (Å²) in [4.78, 5) is 10.3. The fourth-order valence-electron chi connectivity index (χ4n) is 1.47. The number of rotatable bonds is 6. The summed E-state index contributed by atoms with van der Waals surface area (Å²) in [5.74, 6) is -1.28. The van der Waals surface area contributed by atoms with Crippen LogP contribution >= 0.6 is 0 Å². The normalized spacial score (nSPS) is 12.4. The Balaban J connectivity index is 2.35. The van der Waals surface area contributed by atoms with Gasteiger partial charge in [0.1, 0.15) is 5.82 Å². The van der Waals surface area contributed by atoms with E-state index >= 15 is 0 Å². The second-order valence-electron chi connectivity index (χ2n) is 3.97. The van der Waals surface area contributed by atoms with Crippen molar-refractivity contribution in [2.24, 2.45) is 0 Å². The number of nitrogens with one attached hydrogen (secondary N) is 1. The molecule has 0 saturated heterocycles. The van der Waals surface area contributed by atoms with E-state index in [1.54, 1.807) is 19.1 Å². The summed E-state index contributed by atoms with van der Waals surface area (Å²) < 4.78 is 13.0. The second-order valence-corrected chi connectivity index (χ2v) is 3.97. The lowest BCUT2D eigenvalue weighted by Gasteiger charge is -2.10. The molecule has 94 valence electrons. The van der Waals surface area contributed by atoms with Crippen LogP contribution in [0, 0.1) is 12.7 Å².